The Morgan fingerprint density at radius 1 is 0.857 bits per heavy atom. The maximum atomic E-state index is 14.3. The minimum atomic E-state index is -0.0449. The standard InChI is InChI=1S/C41H48N6O2/c1-49-36-9-5-8-33(24-36)28-46(27-32-12-10-31(26-42)11-13-32)41(48)35-19-20-38-37(25-35)45-39(47(38)23-22-29-6-3-2-4-7-29)21-16-30-14-17-34(18-15-30)40(43)44/h5,8-15,17-20,24-25,29H,2-4,6-7,16,21-23,26-28,42H2,1H3,(H3,43,44). The smallest absolute Gasteiger partial charge is 0.254 e. The van der Waals surface area contributed by atoms with E-state index in [9.17, 15) is 4.79 Å². The number of methoxy groups -OCH3 is 1. The maximum absolute atomic E-state index is 14.3. The summed E-state index contributed by atoms with van der Waals surface area (Å²) in [6, 6.07) is 29.9. The number of nitrogens with two attached hydrogens (primary N) is 2. The number of amidine groups is 1. The second-order valence-electron chi connectivity index (χ2n) is 13.3. The molecule has 0 bridgehead atoms. The van der Waals surface area contributed by atoms with Gasteiger partial charge in [-0.2, -0.15) is 0 Å². The Morgan fingerprint density at radius 2 is 1.55 bits per heavy atom. The van der Waals surface area contributed by atoms with Crippen LogP contribution in [0.1, 0.15) is 82.5 Å². The van der Waals surface area contributed by atoms with Crippen molar-refractivity contribution in [1.29, 1.82) is 5.41 Å². The summed E-state index contributed by atoms with van der Waals surface area (Å²) in [6.07, 6.45) is 9.37. The molecule has 254 valence electrons. The van der Waals surface area contributed by atoms with Gasteiger partial charge in [0.2, 0.25) is 0 Å². The number of rotatable bonds is 14. The highest BCUT2D eigenvalue weighted by Crippen LogP contribution is 2.29. The number of hydrogen-bond donors (Lipinski definition) is 3. The summed E-state index contributed by atoms with van der Waals surface area (Å²) in [6.45, 7) is 2.31. The molecule has 0 unspecified atom stereocenters. The molecule has 1 aromatic heterocycles. The number of fused-ring (bicyclic) bond motifs is 1. The number of nitrogen functional groups attached to an aromatic ring is 1. The van der Waals surface area contributed by atoms with Crippen molar-refractivity contribution < 1.29 is 9.53 Å². The predicted octanol–water partition coefficient (Wildman–Crippen LogP) is 7.39. The number of carbonyl (C=O) groups is 1. The summed E-state index contributed by atoms with van der Waals surface area (Å²) in [4.78, 5) is 21.3. The van der Waals surface area contributed by atoms with E-state index in [1.165, 1.54) is 37.7 Å². The topological polar surface area (TPSA) is 123 Å². The first-order chi connectivity index (χ1) is 23.9. The highest BCUT2D eigenvalue weighted by Gasteiger charge is 2.21. The van der Waals surface area contributed by atoms with Gasteiger partial charge < -0.3 is 25.7 Å². The van der Waals surface area contributed by atoms with Gasteiger partial charge in [0, 0.05) is 43.7 Å². The van der Waals surface area contributed by atoms with Crippen LogP contribution in [0.3, 0.4) is 0 Å². The molecule has 1 heterocycles. The lowest BCUT2D eigenvalue weighted by atomic mass is 9.87. The van der Waals surface area contributed by atoms with Gasteiger partial charge in [-0.25, -0.2) is 4.98 Å². The molecule has 1 aliphatic rings. The van der Waals surface area contributed by atoms with Gasteiger partial charge in [0.25, 0.3) is 5.91 Å². The van der Waals surface area contributed by atoms with Crippen molar-refractivity contribution in [3.05, 3.63) is 130 Å². The third-order valence-corrected chi connectivity index (χ3v) is 9.89. The number of aryl methyl sites for hydroxylation is 3. The number of nitrogens with zero attached hydrogens (tertiary/aromatic N) is 3. The van der Waals surface area contributed by atoms with Gasteiger partial charge in [-0.3, -0.25) is 10.2 Å². The lowest BCUT2D eigenvalue weighted by Crippen LogP contribution is -2.30. The number of nitrogens with one attached hydrogen (secondary N) is 1. The second-order valence-corrected chi connectivity index (χ2v) is 13.3. The third kappa shape index (κ3) is 8.56. The van der Waals surface area contributed by atoms with Crippen LogP contribution in [-0.2, 0) is 39.0 Å². The average molecular weight is 657 g/mol. The zero-order valence-electron chi connectivity index (χ0n) is 28.5. The van der Waals surface area contributed by atoms with E-state index < -0.39 is 0 Å². The molecule has 1 aliphatic carbocycles. The largest absolute Gasteiger partial charge is 0.497 e. The van der Waals surface area contributed by atoms with Gasteiger partial charge in [0.05, 0.1) is 18.1 Å². The molecule has 8 nitrogen and oxygen atoms in total. The zero-order valence-corrected chi connectivity index (χ0v) is 28.5. The van der Waals surface area contributed by atoms with E-state index in [-0.39, 0.29) is 11.7 Å². The van der Waals surface area contributed by atoms with Gasteiger partial charge in [-0.1, -0.05) is 92.8 Å². The van der Waals surface area contributed by atoms with Gasteiger partial charge in [-0.15, -0.1) is 0 Å². The normalized spacial score (nSPS) is 13.4. The van der Waals surface area contributed by atoms with Crippen molar-refractivity contribution in [3.63, 3.8) is 0 Å². The van der Waals surface area contributed by atoms with Gasteiger partial charge in [-0.05, 0) is 71.3 Å². The Morgan fingerprint density at radius 3 is 2.27 bits per heavy atom. The Balaban J connectivity index is 1.29. The highest BCUT2D eigenvalue weighted by molar-refractivity contribution is 5.97. The molecule has 4 aromatic carbocycles. The number of amides is 1. The van der Waals surface area contributed by atoms with Crippen molar-refractivity contribution in [3.8, 4) is 5.75 Å². The molecule has 1 amide bonds. The predicted molar refractivity (Wildman–Crippen MR) is 197 cm³/mol. The van der Waals surface area contributed by atoms with Crippen molar-refractivity contribution in [1.82, 2.24) is 14.5 Å². The molecule has 1 fully saturated rings. The van der Waals surface area contributed by atoms with Crippen LogP contribution in [0, 0.1) is 11.3 Å². The number of hydrogen-bond acceptors (Lipinski definition) is 5. The monoisotopic (exact) mass is 656 g/mol. The quantitative estimate of drug-likeness (QED) is 0.0850. The fourth-order valence-corrected chi connectivity index (χ4v) is 7.02. The third-order valence-electron chi connectivity index (χ3n) is 9.89. The Bertz CT molecular complexity index is 1870. The Hall–Kier alpha value is -4.95. The van der Waals surface area contributed by atoms with E-state index in [4.69, 9.17) is 26.6 Å². The number of benzene rings is 4. The molecule has 0 aliphatic heterocycles. The first-order valence-electron chi connectivity index (χ1n) is 17.5. The first kappa shape index (κ1) is 33.9. The summed E-state index contributed by atoms with van der Waals surface area (Å²) in [5, 5.41) is 7.71. The van der Waals surface area contributed by atoms with Crippen LogP contribution in [0.25, 0.3) is 11.0 Å². The van der Waals surface area contributed by atoms with Crippen LogP contribution in [-0.4, -0.2) is 33.3 Å². The molecule has 0 saturated heterocycles. The molecule has 0 radical (unpaired) electrons. The van der Waals surface area contributed by atoms with E-state index in [2.05, 4.69) is 10.6 Å². The van der Waals surface area contributed by atoms with Crippen LogP contribution in [0.2, 0.25) is 0 Å². The zero-order chi connectivity index (χ0) is 34.2. The molecule has 5 N–H and O–H groups in total. The minimum Gasteiger partial charge on any atom is -0.497 e. The molecule has 0 spiro atoms. The SMILES string of the molecule is COc1cccc(CN(Cc2ccc(CN)cc2)C(=O)c2ccc3c(c2)nc(CCc2ccc(C(=N)N)cc2)n3CCC2CCCCC2)c1. The lowest BCUT2D eigenvalue weighted by molar-refractivity contribution is 0.0730. The maximum Gasteiger partial charge on any atom is 0.254 e. The molecule has 5 aromatic rings. The molecule has 8 heteroatoms. The molecular formula is C41H48N6O2. The summed E-state index contributed by atoms with van der Waals surface area (Å²) in [7, 11) is 1.66. The summed E-state index contributed by atoms with van der Waals surface area (Å²) < 4.78 is 7.85. The van der Waals surface area contributed by atoms with Gasteiger partial charge in [0.15, 0.2) is 0 Å². The molecule has 6 rings (SSSR count). The van der Waals surface area contributed by atoms with Crippen LogP contribution >= 0.6 is 0 Å². The van der Waals surface area contributed by atoms with E-state index in [0.717, 1.165) is 76.6 Å². The Kier molecular flexibility index (Phi) is 11.1. The van der Waals surface area contributed by atoms with E-state index >= 15 is 0 Å². The van der Waals surface area contributed by atoms with E-state index in [1.807, 2.05) is 89.8 Å². The first-order valence-corrected chi connectivity index (χ1v) is 17.5. The van der Waals surface area contributed by atoms with Crippen LogP contribution in [0.15, 0.2) is 91.0 Å². The van der Waals surface area contributed by atoms with Crippen LogP contribution in [0.4, 0.5) is 0 Å². The Labute approximate surface area is 289 Å². The van der Waals surface area contributed by atoms with Gasteiger partial charge in [0.1, 0.15) is 17.4 Å². The molecule has 1 saturated carbocycles. The molecular weight excluding hydrogens is 608 g/mol. The fraction of sp³-hybridized carbons (Fsp3) is 0.341. The average Bonchev–Trinajstić information content (AvgIpc) is 3.50. The summed E-state index contributed by atoms with van der Waals surface area (Å²) in [5.41, 5.74) is 19.1. The highest BCUT2D eigenvalue weighted by atomic mass is 16.5. The fourth-order valence-electron chi connectivity index (χ4n) is 7.02. The number of imidazole rings is 1. The number of aromatic nitrogens is 2. The summed E-state index contributed by atoms with van der Waals surface area (Å²) in [5.74, 6) is 2.59. The lowest BCUT2D eigenvalue weighted by Gasteiger charge is -2.24. The number of carbonyl (C=O) groups excluding carboxylic acids is 1. The van der Waals surface area contributed by atoms with Crippen molar-refractivity contribution in [2.45, 2.75) is 77.5 Å². The number of ether oxygens (including phenoxy) is 1. The second kappa shape index (κ2) is 16.0. The van der Waals surface area contributed by atoms with Crippen molar-refractivity contribution >= 4 is 22.8 Å². The summed E-state index contributed by atoms with van der Waals surface area (Å²) >= 11 is 0. The van der Waals surface area contributed by atoms with Crippen molar-refractivity contribution in [2.24, 2.45) is 17.4 Å². The molecule has 0 atom stereocenters. The molecule has 49 heavy (non-hydrogen) atoms. The van der Waals surface area contributed by atoms with E-state index in [1.54, 1.807) is 7.11 Å². The minimum absolute atomic E-state index is 0.0449. The van der Waals surface area contributed by atoms with Gasteiger partial charge >= 0.3 is 0 Å². The van der Waals surface area contributed by atoms with Crippen LogP contribution in [0.5, 0.6) is 5.75 Å². The van der Waals surface area contributed by atoms with Crippen LogP contribution < -0.4 is 16.2 Å². The van der Waals surface area contributed by atoms with Crippen molar-refractivity contribution in [2.75, 3.05) is 7.11 Å². The van der Waals surface area contributed by atoms with E-state index in [0.29, 0.717) is 25.2 Å².